The van der Waals surface area contributed by atoms with Crippen molar-refractivity contribution in [1.29, 1.82) is 0 Å². The van der Waals surface area contributed by atoms with E-state index in [9.17, 15) is 8.42 Å². The standard InChI is InChI=1S/C16H23N5O2S/c1-13(2)17-9-4-12-20-24(22,23)15-7-5-14(6-8-15)21-16-18-10-3-11-19-16/h3,5-8,10-11,13,17,20H,4,9,12H2,1-2H3,(H,18,19,21). The number of rotatable bonds is 9. The molecule has 1 aromatic heterocycles. The van der Waals surface area contributed by atoms with Gasteiger partial charge in [-0.05, 0) is 43.3 Å². The zero-order chi connectivity index (χ0) is 17.4. The molecule has 0 unspecified atom stereocenters. The van der Waals surface area contributed by atoms with Crippen molar-refractivity contribution in [3.05, 3.63) is 42.7 Å². The van der Waals surface area contributed by atoms with E-state index in [0.717, 1.165) is 18.7 Å². The SMILES string of the molecule is CC(C)NCCCNS(=O)(=O)c1ccc(Nc2ncccn2)cc1. The molecule has 0 aliphatic heterocycles. The van der Waals surface area contributed by atoms with Crippen LogP contribution in [0.5, 0.6) is 0 Å². The van der Waals surface area contributed by atoms with Crippen molar-refractivity contribution >= 4 is 21.7 Å². The van der Waals surface area contributed by atoms with Crippen LogP contribution in [0.1, 0.15) is 20.3 Å². The Morgan fingerprint density at radius 1 is 1.04 bits per heavy atom. The second-order valence-electron chi connectivity index (χ2n) is 5.58. The van der Waals surface area contributed by atoms with Crippen molar-refractivity contribution in [2.45, 2.75) is 31.2 Å². The molecule has 8 heteroatoms. The van der Waals surface area contributed by atoms with Gasteiger partial charge in [0, 0.05) is 30.7 Å². The summed E-state index contributed by atoms with van der Waals surface area (Å²) in [5.74, 6) is 0.462. The Morgan fingerprint density at radius 2 is 1.71 bits per heavy atom. The van der Waals surface area contributed by atoms with Gasteiger partial charge in [0.2, 0.25) is 16.0 Å². The highest BCUT2D eigenvalue weighted by Crippen LogP contribution is 2.16. The van der Waals surface area contributed by atoms with E-state index in [4.69, 9.17) is 0 Å². The molecule has 0 amide bonds. The van der Waals surface area contributed by atoms with Crippen molar-refractivity contribution in [2.75, 3.05) is 18.4 Å². The summed E-state index contributed by atoms with van der Waals surface area (Å²) in [6, 6.07) is 8.61. The quantitative estimate of drug-likeness (QED) is 0.598. The van der Waals surface area contributed by atoms with E-state index < -0.39 is 10.0 Å². The summed E-state index contributed by atoms with van der Waals surface area (Å²) in [5.41, 5.74) is 0.723. The minimum Gasteiger partial charge on any atom is -0.324 e. The molecule has 0 saturated carbocycles. The van der Waals surface area contributed by atoms with Gasteiger partial charge < -0.3 is 10.6 Å². The second-order valence-corrected chi connectivity index (χ2v) is 7.35. The lowest BCUT2D eigenvalue weighted by molar-refractivity contribution is 0.554. The first kappa shape index (κ1) is 18.3. The third-order valence-electron chi connectivity index (χ3n) is 3.18. The zero-order valence-corrected chi connectivity index (χ0v) is 14.7. The summed E-state index contributed by atoms with van der Waals surface area (Å²) in [6.45, 7) is 5.29. The fourth-order valence-corrected chi connectivity index (χ4v) is 3.05. The van der Waals surface area contributed by atoms with Gasteiger partial charge in [-0.25, -0.2) is 23.1 Å². The number of aromatic nitrogens is 2. The first-order valence-corrected chi connectivity index (χ1v) is 9.33. The fourth-order valence-electron chi connectivity index (χ4n) is 1.98. The summed E-state index contributed by atoms with van der Waals surface area (Å²) < 4.78 is 27.0. The Morgan fingerprint density at radius 3 is 2.33 bits per heavy atom. The van der Waals surface area contributed by atoms with Crippen LogP contribution < -0.4 is 15.4 Å². The lowest BCUT2D eigenvalue weighted by Crippen LogP contribution is -2.29. The summed E-state index contributed by atoms with van der Waals surface area (Å²) in [5, 5.41) is 6.25. The molecule has 130 valence electrons. The largest absolute Gasteiger partial charge is 0.324 e. The van der Waals surface area contributed by atoms with Gasteiger partial charge in [0.15, 0.2) is 0 Å². The molecule has 0 radical (unpaired) electrons. The number of benzene rings is 1. The van der Waals surface area contributed by atoms with Gasteiger partial charge in [0.25, 0.3) is 0 Å². The molecule has 0 aliphatic carbocycles. The highest BCUT2D eigenvalue weighted by molar-refractivity contribution is 7.89. The summed E-state index contributed by atoms with van der Waals surface area (Å²) in [4.78, 5) is 8.35. The Labute approximate surface area is 143 Å². The molecule has 1 aromatic carbocycles. The Hall–Kier alpha value is -2.03. The van der Waals surface area contributed by atoms with E-state index in [-0.39, 0.29) is 4.90 Å². The molecular formula is C16H23N5O2S. The number of nitrogens with zero attached hydrogens (tertiary/aromatic N) is 2. The van der Waals surface area contributed by atoms with Gasteiger partial charge in [0.05, 0.1) is 4.90 Å². The van der Waals surface area contributed by atoms with Crippen molar-refractivity contribution in [2.24, 2.45) is 0 Å². The minimum absolute atomic E-state index is 0.235. The van der Waals surface area contributed by atoms with Crippen LogP contribution in [0.15, 0.2) is 47.6 Å². The summed E-state index contributed by atoms with van der Waals surface area (Å²) in [6.07, 6.45) is 4.00. The zero-order valence-electron chi connectivity index (χ0n) is 13.9. The van der Waals surface area contributed by atoms with Gasteiger partial charge in [-0.3, -0.25) is 0 Å². The molecule has 0 saturated heterocycles. The van der Waals surface area contributed by atoms with Crippen LogP contribution in [-0.2, 0) is 10.0 Å². The normalized spacial score (nSPS) is 11.6. The van der Waals surface area contributed by atoms with Gasteiger partial charge in [-0.15, -0.1) is 0 Å². The highest BCUT2D eigenvalue weighted by atomic mass is 32.2. The number of nitrogens with one attached hydrogen (secondary N) is 3. The fraction of sp³-hybridized carbons (Fsp3) is 0.375. The molecule has 3 N–H and O–H groups in total. The molecule has 1 heterocycles. The molecular weight excluding hydrogens is 326 g/mol. The maximum absolute atomic E-state index is 12.2. The first-order chi connectivity index (χ1) is 11.5. The molecule has 0 atom stereocenters. The topological polar surface area (TPSA) is 96.0 Å². The molecule has 7 nitrogen and oxygen atoms in total. The van der Waals surface area contributed by atoms with E-state index >= 15 is 0 Å². The van der Waals surface area contributed by atoms with Crippen LogP contribution in [0.4, 0.5) is 11.6 Å². The smallest absolute Gasteiger partial charge is 0.240 e. The summed E-state index contributed by atoms with van der Waals surface area (Å²) in [7, 11) is -3.49. The minimum atomic E-state index is -3.49. The van der Waals surface area contributed by atoms with Gasteiger partial charge in [0.1, 0.15) is 0 Å². The molecule has 0 bridgehead atoms. The summed E-state index contributed by atoms with van der Waals surface area (Å²) >= 11 is 0. The number of hydrogen-bond donors (Lipinski definition) is 3. The first-order valence-electron chi connectivity index (χ1n) is 7.84. The number of anilines is 2. The van der Waals surface area contributed by atoms with E-state index in [1.165, 1.54) is 0 Å². The monoisotopic (exact) mass is 349 g/mol. The Balaban J connectivity index is 1.89. The van der Waals surface area contributed by atoms with Crippen LogP contribution in [0, 0.1) is 0 Å². The van der Waals surface area contributed by atoms with Crippen molar-refractivity contribution in [3.8, 4) is 0 Å². The van der Waals surface area contributed by atoms with E-state index in [0.29, 0.717) is 18.5 Å². The van der Waals surface area contributed by atoms with E-state index in [2.05, 4.69) is 39.2 Å². The highest BCUT2D eigenvalue weighted by Gasteiger charge is 2.13. The number of sulfonamides is 1. The van der Waals surface area contributed by atoms with Gasteiger partial charge in [-0.1, -0.05) is 13.8 Å². The van der Waals surface area contributed by atoms with Crippen molar-refractivity contribution < 1.29 is 8.42 Å². The maximum Gasteiger partial charge on any atom is 0.240 e. The van der Waals surface area contributed by atoms with Gasteiger partial charge >= 0.3 is 0 Å². The molecule has 0 spiro atoms. The van der Waals surface area contributed by atoms with E-state index in [1.807, 2.05) is 0 Å². The predicted octanol–water partition coefficient (Wildman–Crippen LogP) is 1.89. The lowest BCUT2D eigenvalue weighted by Gasteiger charge is -2.10. The van der Waals surface area contributed by atoms with Crippen LogP contribution in [-0.4, -0.2) is 37.5 Å². The third kappa shape index (κ3) is 5.88. The Kier molecular flexibility index (Phi) is 6.65. The third-order valence-corrected chi connectivity index (χ3v) is 4.66. The van der Waals surface area contributed by atoms with Crippen LogP contribution in [0.3, 0.4) is 0 Å². The van der Waals surface area contributed by atoms with Crippen molar-refractivity contribution in [1.82, 2.24) is 20.0 Å². The van der Waals surface area contributed by atoms with Crippen LogP contribution >= 0.6 is 0 Å². The second kappa shape index (κ2) is 8.72. The molecule has 2 aromatic rings. The average molecular weight is 349 g/mol. The molecule has 2 rings (SSSR count). The van der Waals surface area contributed by atoms with Gasteiger partial charge in [-0.2, -0.15) is 0 Å². The van der Waals surface area contributed by atoms with Crippen LogP contribution in [0.25, 0.3) is 0 Å². The molecule has 0 fully saturated rings. The van der Waals surface area contributed by atoms with Crippen molar-refractivity contribution in [3.63, 3.8) is 0 Å². The molecule has 0 aliphatic rings. The van der Waals surface area contributed by atoms with E-state index in [1.54, 1.807) is 42.7 Å². The predicted molar refractivity (Wildman–Crippen MR) is 94.7 cm³/mol. The lowest BCUT2D eigenvalue weighted by atomic mass is 10.3. The molecule has 24 heavy (non-hydrogen) atoms. The number of hydrogen-bond acceptors (Lipinski definition) is 6. The maximum atomic E-state index is 12.2. The average Bonchev–Trinajstić information content (AvgIpc) is 2.55. The Bertz CT molecular complexity index is 718. The van der Waals surface area contributed by atoms with Crippen LogP contribution in [0.2, 0.25) is 0 Å².